The first kappa shape index (κ1) is 13.7. The first-order valence-electron chi connectivity index (χ1n) is 5.56. The molecule has 7 heteroatoms. The second-order valence-corrected chi connectivity index (χ2v) is 3.80. The Balaban J connectivity index is 2.67. The van der Waals surface area contributed by atoms with Crippen LogP contribution in [0.5, 0.6) is 0 Å². The number of aliphatic hydroxyl groups is 1. The van der Waals surface area contributed by atoms with Crippen molar-refractivity contribution in [2.75, 3.05) is 39.5 Å². The van der Waals surface area contributed by atoms with E-state index in [9.17, 15) is 9.59 Å². The molecule has 0 bridgehead atoms. The Morgan fingerprint density at radius 3 is 2.76 bits per heavy atom. The maximum atomic E-state index is 12.1. The number of amides is 2. The molecular weight excluding hydrogens is 228 g/mol. The SMILES string of the molecule is CCN(CC(=O)O)C(=O)N1CCOCC1CO. The Hall–Kier alpha value is -1.34. The molecule has 1 rings (SSSR count). The van der Waals surface area contributed by atoms with E-state index in [1.165, 1.54) is 9.80 Å². The third-order valence-corrected chi connectivity index (χ3v) is 2.66. The van der Waals surface area contributed by atoms with Crippen molar-refractivity contribution in [2.45, 2.75) is 13.0 Å². The number of hydrogen-bond acceptors (Lipinski definition) is 4. The Labute approximate surface area is 99.6 Å². The Morgan fingerprint density at radius 2 is 2.24 bits per heavy atom. The average molecular weight is 246 g/mol. The van der Waals surface area contributed by atoms with Gasteiger partial charge in [0.2, 0.25) is 0 Å². The standard InChI is InChI=1S/C10H18N2O5/c1-2-11(5-9(14)15)10(16)12-3-4-17-7-8(12)6-13/h8,13H,2-7H2,1H3,(H,14,15). The molecular formula is C10H18N2O5. The van der Waals surface area contributed by atoms with Crippen LogP contribution in [-0.4, -0.2) is 77.5 Å². The van der Waals surface area contributed by atoms with Crippen LogP contribution in [0.3, 0.4) is 0 Å². The molecule has 17 heavy (non-hydrogen) atoms. The van der Waals surface area contributed by atoms with E-state index in [0.717, 1.165) is 0 Å². The summed E-state index contributed by atoms with van der Waals surface area (Å²) in [7, 11) is 0. The third kappa shape index (κ3) is 3.57. The van der Waals surface area contributed by atoms with Gasteiger partial charge >= 0.3 is 12.0 Å². The van der Waals surface area contributed by atoms with Crippen LogP contribution in [0.15, 0.2) is 0 Å². The highest BCUT2D eigenvalue weighted by Gasteiger charge is 2.30. The second-order valence-electron chi connectivity index (χ2n) is 3.80. The van der Waals surface area contributed by atoms with Crippen LogP contribution in [0.1, 0.15) is 6.92 Å². The van der Waals surface area contributed by atoms with E-state index in [4.69, 9.17) is 14.9 Å². The molecule has 0 spiro atoms. The van der Waals surface area contributed by atoms with E-state index in [1.54, 1.807) is 6.92 Å². The van der Waals surface area contributed by atoms with E-state index in [2.05, 4.69) is 0 Å². The fourth-order valence-electron chi connectivity index (χ4n) is 1.72. The number of hydrogen-bond donors (Lipinski definition) is 2. The quantitative estimate of drug-likeness (QED) is 0.678. The van der Waals surface area contributed by atoms with Gasteiger partial charge in [0.05, 0.1) is 25.9 Å². The fourth-order valence-corrected chi connectivity index (χ4v) is 1.72. The molecule has 1 aliphatic heterocycles. The van der Waals surface area contributed by atoms with Crippen molar-refractivity contribution in [2.24, 2.45) is 0 Å². The summed E-state index contributed by atoms with van der Waals surface area (Å²) in [6.45, 7) is 2.59. The topological polar surface area (TPSA) is 90.3 Å². The smallest absolute Gasteiger partial charge is 0.323 e. The second kappa shape index (κ2) is 6.41. The molecule has 0 aromatic carbocycles. The largest absolute Gasteiger partial charge is 0.480 e. The fraction of sp³-hybridized carbons (Fsp3) is 0.800. The maximum Gasteiger partial charge on any atom is 0.323 e. The van der Waals surface area contributed by atoms with Crippen molar-refractivity contribution in [3.63, 3.8) is 0 Å². The zero-order valence-corrected chi connectivity index (χ0v) is 9.83. The van der Waals surface area contributed by atoms with E-state index in [1.807, 2.05) is 0 Å². The first-order chi connectivity index (χ1) is 8.10. The summed E-state index contributed by atoms with van der Waals surface area (Å²) in [5, 5.41) is 17.8. The lowest BCUT2D eigenvalue weighted by Gasteiger charge is -2.37. The summed E-state index contributed by atoms with van der Waals surface area (Å²) in [5.41, 5.74) is 0. The van der Waals surface area contributed by atoms with Gasteiger partial charge in [-0.05, 0) is 6.92 Å². The first-order valence-corrected chi connectivity index (χ1v) is 5.56. The lowest BCUT2D eigenvalue weighted by molar-refractivity contribution is -0.137. The van der Waals surface area contributed by atoms with E-state index in [-0.39, 0.29) is 31.8 Å². The minimum atomic E-state index is -1.05. The monoisotopic (exact) mass is 246 g/mol. The lowest BCUT2D eigenvalue weighted by atomic mass is 10.2. The van der Waals surface area contributed by atoms with Gasteiger partial charge in [-0.1, -0.05) is 0 Å². The van der Waals surface area contributed by atoms with Crippen molar-refractivity contribution < 1.29 is 24.5 Å². The lowest BCUT2D eigenvalue weighted by Crippen LogP contribution is -2.55. The van der Waals surface area contributed by atoms with Gasteiger partial charge in [0, 0.05) is 13.1 Å². The summed E-state index contributed by atoms with van der Waals surface area (Å²) < 4.78 is 5.16. The minimum Gasteiger partial charge on any atom is -0.480 e. The van der Waals surface area contributed by atoms with Crippen molar-refractivity contribution in [3.8, 4) is 0 Å². The predicted molar refractivity (Wildman–Crippen MR) is 58.7 cm³/mol. The number of aliphatic hydroxyl groups excluding tert-OH is 1. The predicted octanol–water partition coefficient (Wildman–Crippen LogP) is -0.794. The van der Waals surface area contributed by atoms with Crippen LogP contribution in [0.4, 0.5) is 4.79 Å². The number of carbonyl (C=O) groups is 2. The molecule has 1 aliphatic rings. The van der Waals surface area contributed by atoms with E-state index < -0.39 is 5.97 Å². The summed E-state index contributed by atoms with van der Waals surface area (Å²) >= 11 is 0. The number of carbonyl (C=O) groups excluding carboxylic acids is 1. The number of likely N-dealkylation sites (N-methyl/N-ethyl adjacent to an activating group) is 1. The Morgan fingerprint density at radius 1 is 1.53 bits per heavy atom. The number of carboxylic acids is 1. The highest BCUT2D eigenvalue weighted by Crippen LogP contribution is 2.10. The number of ether oxygens (including phenoxy) is 1. The number of carboxylic acid groups (broad SMARTS) is 1. The third-order valence-electron chi connectivity index (χ3n) is 2.66. The number of rotatable bonds is 4. The Bertz CT molecular complexity index is 284. The number of morpholine rings is 1. The van der Waals surface area contributed by atoms with Gasteiger partial charge in [0.15, 0.2) is 0 Å². The highest BCUT2D eigenvalue weighted by atomic mass is 16.5. The van der Waals surface area contributed by atoms with Gasteiger partial charge in [-0.3, -0.25) is 4.79 Å². The summed E-state index contributed by atoms with van der Waals surface area (Å²) in [5.74, 6) is -1.05. The highest BCUT2D eigenvalue weighted by molar-refractivity contribution is 5.80. The number of aliphatic carboxylic acids is 1. The molecule has 2 amide bonds. The van der Waals surface area contributed by atoms with Crippen molar-refractivity contribution >= 4 is 12.0 Å². The van der Waals surface area contributed by atoms with Crippen molar-refractivity contribution in [3.05, 3.63) is 0 Å². The molecule has 1 heterocycles. The molecule has 1 fully saturated rings. The molecule has 1 saturated heterocycles. The minimum absolute atomic E-state index is 0.184. The summed E-state index contributed by atoms with van der Waals surface area (Å²) in [6.07, 6.45) is 0. The molecule has 0 aromatic rings. The van der Waals surface area contributed by atoms with Gasteiger partial charge in [0.25, 0.3) is 0 Å². The van der Waals surface area contributed by atoms with Gasteiger partial charge in [-0.25, -0.2) is 4.79 Å². The zero-order valence-electron chi connectivity index (χ0n) is 9.83. The molecule has 1 unspecified atom stereocenters. The molecule has 0 aliphatic carbocycles. The normalized spacial score (nSPS) is 20.1. The Kier molecular flexibility index (Phi) is 5.17. The van der Waals surface area contributed by atoms with Gasteiger partial charge < -0.3 is 24.7 Å². The molecule has 2 N–H and O–H groups in total. The van der Waals surface area contributed by atoms with Crippen LogP contribution >= 0.6 is 0 Å². The van der Waals surface area contributed by atoms with Crippen LogP contribution in [0.25, 0.3) is 0 Å². The zero-order chi connectivity index (χ0) is 12.8. The van der Waals surface area contributed by atoms with Crippen LogP contribution in [-0.2, 0) is 9.53 Å². The van der Waals surface area contributed by atoms with E-state index in [0.29, 0.717) is 19.7 Å². The molecule has 7 nitrogen and oxygen atoms in total. The van der Waals surface area contributed by atoms with Gasteiger partial charge in [-0.2, -0.15) is 0 Å². The van der Waals surface area contributed by atoms with Gasteiger partial charge in [0.1, 0.15) is 6.54 Å². The van der Waals surface area contributed by atoms with E-state index >= 15 is 0 Å². The molecule has 98 valence electrons. The number of nitrogens with zero attached hydrogens (tertiary/aromatic N) is 2. The maximum absolute atomic E-state index is 12.1. The average Bonchev–Trinajstić information content (AvgIpc) is 2.34. The number of urea groups is 1. The summed E-state index contributed by atoms with van der Waals surface area (Å²) in [6, 6.07) is -0.753. The van der Waals surface area contributed by atoms with Crippen LogP contribution in [0.2, 0.25) is 0 Å². The summed E-state index contributed by atoms with van der Waals surface area (Å²) in [4.78, 5) is 25.4. The van der Waals surface area contributed by atoms with Crippen LogP contribution in [0, 0.1) is 0 Å². The molecule has 0 radical (unpaired) electrons. The van der Waals surface area contributed by atoms with Crippen molar-refractivity contribution in [1.29, 1.82) is 0 Å². The van der Waals surface area contributed by atoms with Crippen LogP contribution < -0.4 is 0 Å². The van der Waals surface area contributed by atoms with Gasteiger partial charge in [-0.15, -0.1) is 0 Å². The molecule has 0 saturated carbocycles. The van der Waals surface area contributed by atoms with Crippen molar-refractivity contribution in [1.82, 2.24) is 9.80 Å². The molecule has 1 atom stereocenters. The molecule has 0 aromatic heterocycles.